The third kappa shape index (κ3) is 5.57. The summed E-state index contributed by atoms with van der Waals surface area (Å²) < 4.78 is 1.49. The molecule has 5 rings (SSSR count). The van der Waals surface area contributed by atoms with Crippen LogP contribution in [0.5, 0.6) is 0 Å². The van der Waals surface area contributed by atoms with Crippen molar-refractivity contribution in [2.75, 3.05) is 27.2 Å². The molecule has 2 atom stereocenters. The summed E-state index contributed by atoms with van der Waals surface area (Å²) in [7, 11) is 3.35. The Kier molecular flexibility index (Phi) is 7.61. The lowest BCUT2D eigenvalue weighted by molar-refractivity contribution is 0.0816. The van der Waals surface area contributed by atoms with E-state index < -0.39 is 12.1 Å². The molecule has 10 nitrogen and oxygen atoms in total. The highest BCUT2D eigenvalue weighted by atomic mass is 35.5. The minimum atomic E-state index is -0.529. The SMILES string of the molecule is CN(C)C(=O)N1CC[C@H](NC(=O)c2ccc(-n3ccccc3=O)cc2)C(NC(=O)c2ccc3c(Cl)c[nH]c3c2)C1. The first kappa shape index (κ1) is 27.0. The average molecular weight is 561 g/mol. The molecule has 0 spiro atoms. The Balaban J connectivity index is 1.33. The molecule has 1 unspecified atom stereocenters. The topological polar surface area (TPSA) is 120 Å². The van der Waals surface area contributed by atoms with Crippen molar-refractivity contribution < 1.29 is 14.4 Å². The number of piperidine rings is 1. The van der Waals surface area contributed by atoms with Crippen LogP contribution in [0.25, 0.3) is 16.6 Å². The lowest BCUT2D eigenvalue weighted by Gasteiger charge is -2.40. The maximum absolute atomic E-state index is 13.3. The fraction of sp³-hybridized carbons (Fsp3) is 0.241. The molecule has 1 aliphatic heterocycles. The minimum Gasteiger partial charge on any atom is -0.360 e. The second-order valence-electron chi connectivity index (χ2n) is 9.92. The molecule has 1 fully saturated rings. The van der Waals surface area contributed by atoms with E-state index in [1.165, 1.54) is 15.5 Å². The van der Waals surface area contributed by atoms with E-state index in [2.05, 4.69) is 15.6 Å². The van der Waals surface area contributed by atoms with Crippen LogP contribution in [0.15, 0.2) is 77.9 Å². The van der Waals surface area contributed by atoms with Crippen molar-refractivity contribution in [2.24, 2.45) is 0 Å². The Labute approximate surface area is 235 Å². The molecule has 11 heteroatoms. The van der Waals surface area contributed by atoms with Crippen LogP contribution in [0, 0.1) is 0 Å². The van der Waals surface area contributed by atoms with Gasteiger partial charge in [-0.2, -0.15) is 0 Å². The number of H-pyrrole nitrogens is 1. The lowest BCUT2D eigenvalue weighted by atomic mass is 9.98. The van der Waals surface area contributed by atoms with Gasteiger partial charge < -0.3 is 25.4 Å². The van der Waals surface area contributed by atoms with Crippen LogP contribution in [0.3, 0.4) is 0 Å². The minimum absolute atomic E-state index is 0.168. The van der Waals surface area contributed by atoms with E-state index in [0.29, 0.717) is 34.8 Å². The Morgan fingerprint density at radius 2 is 1.65 bits per heavy atom. The third-order valence-corrected chi connectivity index (χ3v) is 7.34. The van der Waals surface area contributed by atoms with Gasteiger partial charge in [-0.05, 0) is 48.9 Å². The zero-order chi connectivity index (χ0) is 28.4. The van der Waals surface area contributed by atoms with Crippen molar-refractivity contribution in [1.29, 1.82) is 0 Å². The van der Waals surface area contributed by atoms with E-state index in [1.807, 2.05) is 0 Å². The molecule has 1 saturated heterocycles. The average Bonchev–Trinajstić information content (AvgIpc) is 3.33. The molecule has 2 aromatic heterocycles. The summed E-state index contributed by atoms with van der Waals surface area (Å²) in [6, 6.07) is 15.7. The molecule has 0 bridgehead atoms. The van der Waals surface area contributed by atoms with Crippen molar-refractivity contribution in [3.05, 3.63) is 99.6 Å². The van der Waals surface area contributed by atoms with E-state index in [9.17, 15) is 19.2 Å². The summed E-state index contributed by atoms with van der Waals surface area (Å²) in [4.78, 5) is 57.5. The number of carbonyl (C=O) groups is 3. The maximum Gasteiger partial charge on any atom is 0.319 e. The number of aromatic amines is 1. The molecule has 3 N–H and O–H groups in total. The van der Waals surface area contributed by atoms with Crippen molar-refractivity contribution >= 4 is 40.3 Å². The number of rotatable bonds is 5. The van der Waals surface area contributed by atoms with Gasteiger partial charge in [0.1, 0.15) is 0 Å². The monoisotopic (exact) mass is 560 g/mol. The number of nitrogens with zero attached hydrogens (tertiary/aromatic N) is 3. The fourth-order valence-corrected chi connectivity index (χ4v) is 5.10. The van der Waals surface area contributed by atoms with Gasteiger partial charge in [-0.1, -0.05) is 23.7 Å². The zero-order valence-corrected chi connectivity index (χ0v) is 22.8. The molecular weight excluding hydrogens is 532 g/mol. The second-order valence-corrected chi connectivity index (χ2v) is 10.3. The molecule has 0 saturated carbocycles. The van der Waals surface area contributed by atoms with Gasteiger partial charge in [-0.25, -0.2) is 4.79 Å². The number of benzene rings is 2. The van der Waals surface area contributed by atoms with Crippen LogP contribution < -0.4 is 16.2 Å². The van der Waals surface area contributed by atoms with Crippen molar-refractivity contribution in [2.45, 2.75) is 18.5 Å². The predicted molar refractivity (Wildman–Crippen MR) is 153 cm³/mol. The van der Waals surface area contributed by atoms with E-state index in [4.69, 9.17) is 11.6 Å². The van der Waals surface area contributed by atoms with Gasteiger partial charge in [0.15, 0.2) is 0 Å². The summed E-state index contributed by atoms with van der Waals surface area (Å²) in [6.45, 7) is 0.664. The summed E-state index contributed by atoms with van der Waals surface area (Å²) in [6.07, 6.45) is 3.78. The molecule has 2 aromatic carbocycles. The number of carbonyl (C=O) groups excluding carboxylic acids is 3. The van der Waals surface area contributed by atoms with Gasteiger partial charge in [0.2, 0.25) is 0 Å². The van der Waals surface area contributed by atoms with Crippen LogP contribution in [0.4, 0.5) is 4.79 Å². The molecule has 0 aliphatic carbocycles. The van der Waals surface area contributed by atoms with E-state index in [0.717, 1.165) is 10.9 Å². The van der Waals surface area contributed by atoms with Crippen molar-refractivity contribution in [3.8, 4) is 5.69 Å². The van der Waals surface area contributed by atoms with Gasteiger partial charge in [0.05, 0.1) is 17.1 Å². The first-order chi connectivity index (χ1) is 19.2. The van der Waals surface area contributed by atoms with Crippen LogP contribution in [0.1, 0.15) is 27.1 Å². The van der Waals surface area contributed by atoms with Crippen LogP contribution >= 0.6 is 11.6 Å². The normalized spacial score (nSPS) is 16.9. The van der Waals surface area contributed by atoms with Crippen molar-refractivity contribution in [1.82, 2.24) is 30.0 Å². The number of hydrogen-bond donors (Lipinski definition) is 3. The number of fused-ring (bicyclic) bond motifs is 1. The Morgan fingerprint density at radius 3 is 2.38 bits per heavy atom. The number of likely N-dealkylation sites (tertiary alicyclic amines) is 1. The third-order valence-electron chi connectivity index (χ3n) is 7.02. The largest absolute Gasteiger partial charge is 0.360 e. The Hall–Kier alpha value is -4.57. The molecule has 4 aromatic rings. The van der Waals surface area contributed by atoms with E-state index in [-0.39, 0.29) is 29.9 Å². The zero-order valence-electron chi connectivity index (χ0n) is 22.1. The second kappa shape index (κ2) is 11.3. The van der Waals surface area contributed by atoms with E-state index >= 15 is 0 Å². The molecule has 1 aliphatic rings. The van der Waals surface area contributed by atoms with Gasteiger partial charge >= 0.3 is 6.03 Å². The molecular formula is C29H29ClN6O4. The Bertz CT molecular complexity index is 1630. The number of urea groups is 1. The predicted octanol–water partition coefficient (Wildman–Crippen LogP) is 3.26. The molecule has 206 valence electrons. The number of amides is 4. The summed E-state index contributed by atoms with van der Waals surface area (Å²) in [5.41, 5.74) is 2.05. The van der Waals surface area contributed by atoms with E-state index in [1.54, 1.807) is 86.0 Å². The van der Waals surface area contributed by atoms with Crippen LogP contribution in [0.2, 0.25) is 5.02 Å². The number of nitrogens with one attached hydrogen (secondary N) is 3. The highest BCUT2D eigenvalue weighted by molar-refractivity contribution is 6.35. The number of hydrogen-bond acceptors (Lipinski definition) is 4. The first-order valence-electron chi connectivity index (χ1n) is 12.8. The van der Waals surface area contributed by atoms with Crippen LogP contribution in [-0.2, 0) is 0 Å². The first-order valence-corrected chi connectivity index (χ1v) is 13.2. The summed E-state index contributed by atoms with van der Waals surface area (Å²) >= 11 is 6.17. The van der Waals surface area contributed by atoms with Gasteiger partial charge in [-0.15, -0.1) is 0 Å². The van der Waals surface area contributed by atoms with Crippen LogP contribution in [-0.4, -0.2) is 76.5 Å². The quantitative estimate of drug-likeness (QED) is 0.347. The number of pyridine rings is 1. The summed E-state index contributed by atoms with van der Waals surface area (Å²) in [5, 5.41) is 7.44. The molecule has 4 amide bonds. The highest BCUT2D eigenvalue weighted by Gasteiger charge is 2.34. The van der Waals surface area contributed by atoms with Gasteiger partial charge in [0.25, 0.3) is 17.4 Å². The number of halogens is 1. The smallest absolute Gasteiger partial charge is 0.319 e. The number of aromatic nitrogens is 2. The fourth-order valence-electron chi connectivity index (χ4n) is 4.88. The molecule has 0 radical (unpaired) electrons. The maximum atomic E-state index is 13.3. The Morgan fingerprint density at radius 1 is 0.950 bits per heavy atom. The lowest BCUT2D eigenvalue weighted by Crippen LogP contribution is -2.62. The van der Waals surface area contributed by atoms with Gasteiger partial charge in [-0.3, -0.25) is 19.0 Å². The van der Waals surface area contributed by atoms with Gasteiger partial charge in [0, 0.05) is 73.4 Å². The highest BCUT2D eigenvalue weighted by Crippen LogP contribution is 2.24. The standard InChI is InChI=1S/C29H29ClN6O4/c1-34(2)29(40)35-14-12-23(25(17-35)33-28(39)19-8-11-21-22(30)16-31-24(21)15-19)32-27(38)18-6-9-20(10-7-18)36-13-4-3-5-26(36)37/h3-11,13,15-16,23,25,31H,12,14,17H2,1-2H3,(H,32,38)(H,33,39)/t23-,25?/m0/s1. The summed E-state index contributed by atoms with van der Waals surface area (Å²) in [5.74, 6) is -0.639. The molecule has 3 heterocycles. The van der Waals surface area contributed by atoms with Crippen molar-refractivity contribution in [3.63, 3.8) is 0 Å². The molecule has 40 heavy (non-hydrogen) atoms.